The predicted octanol–water partition coefficient (Wildman–Crippen LogP) is 2.53. The lowest BCUT2D eigenvalue weighted by Crippen LogP contribution is -2.25. The summed E-state index contributed by atoms with van der Waals surface area (Å²) in [5, 5.41) is 2.81. The van der Waals surface area contributed by atoms with Gasteiger partial charge in [-0.25, -0.2) is 4.99 Å². The number of carbonyl (C=O) groups is 1. The van der Waals surface area contributed by atoms with Crippen LogP contribution < -0.4 is 14.8 Å². The van der Waals surface area contributed by atoms with Crippen molar-refractivity contribution in [2.45, 2.75) is 6.42 Å². The molecular weight excluding hydrogens is 292 g/mol. The van der Waals surface area contributed by atoms with Crippen LogP contribution in [0.2, 0.25) is 0 Å². The number of nitrogens with one attached hydrogen (secondary N) is 1. The normalized spacial score (nSPS) is 17.3. The largest absolute Gasteiger partial charge is 0.454 e. The third-order valence-corrected chi connectivity index (χ3v) is 3.66. The summed E-state index contributed by atoms with van der Waals surface area (Å²) < 4.78 is 10.6. The van der Waals surface area contributed by atoms with Gasteiger partial charge in [0.05, 0.1) is 0 Å². The molecule has 0 spiro atoms. The molecule has 1 amide bonds. The van der Waals surface area contributed by atoms with Gasteiger partial charge >= 0.3 is 0 Å². The van der Waals surface area contributed by atoms with Crippen LogP contribution in [0.5, 0.6) is 11.5 Å². The van der Waals surface area contributed by atoms with Crippen molar-refractivity contribution in [2.75, 3.05) is 6.79 Å². The molecule has 1 N–H and O–H groups in total. The van der Waals surface area contributed by atoms with Crippen LogP contribution in [0, 0.1) is 0 Å². The summed E-state index contributed by atoms with van der Waals surface area (Å²) in [7, 11) is 0. The Morgan fingerprint density at radius 1 is 1.09 bits per heavy atom. The van der Waals surface area contributed by atoms with Gasteiger partial charge in [-0.2, -0.15) is 0 Å². The second-order valence-electron chi connectivity index (χ2n) is 5.32. The van der Waals surface area contributed by atoms with E-state index in [1.807, 2.05) is 48.5 Å². The van der Waals surface area contributed by atoms with Crippen LogP contribution in [0.15, 0.2) is 59.2 Å². The number of hydrogen-bond acceptors (Lipinski definition) is 4. The maximum atomic E-state index is 12.1. The van der Waals surface area contributed by atoms with Crippen molar-refractivity contribution in [1.29, 1.82) is 0 Å². The maximum Gasteiger partial charge on any atom is 0.275 e. The molecule has 0 saturated carbocycles. The molecule has 0 atom stereocenters. The van der Waals surface area contributed by atoms with Gasteiger partial charge in [0.1, 0.15) is 11.5 Å². The summed E-state index contributed by atoms with van der Waals surface area (Å²) in [5.74, 6) is 1.88. The van der Waals surface area contributed by atoms with Gasteiger partial charge in [-0.3, -0.25) is 4.79 Å². The van der Waals surface area contributed by atoms with E-state index in [2.05, 4.69) is 10.3 Å². The lowest BCUT2D eigenvalue weighted by Gasteiger charge is -1.99. The number of amidine groups is 1. The highest BCUT2D eigenvalue weighted by Crippen LogP contribution is 2.33. The molecule has 4 rings (SSSR count). The molecule has 5 nitrogen and oxygen atoms in total. The van der Waals surface area contributed by atoms with Crippen molar-refractivity contribution < 1.29 is 14.3 Å². The number of amides is 1. The van der Waals surface area contributed by atoms with Gasteiger partial charge in [0.2, 0.25) is 6.79 Å². The average molecular weight is 306 g/mol. The van der Waals surface area contributed by atoms with Gasteiger partial charge in [0.25, 0.3) is 5.91 Å². The van der Waals surface area contributed by atoms with Crippen molar-refractivity contribution in [3.63, 3.8) is 0 Å². The molecule has 0 unspecified atom stereocenters. The van der Waals surface area contributed by atoms with E-state index in [-0.39, 0.29) is 12.7 Å². The molecule has 0 radical (unpaired) electrons. The van der Waals surface area contributed by atoms with Gasteiger partial charge < -0.3 is 14.8 Å². The second kappa shape index (κ2) is 5.61. The number of fused-ring (bicyclic) bond motifs is 1. The molecule has 2 aliphatic rings. The quantitative estimate of drug-likeness (QED) is 0.887. The molecule has 0 fully saturated rings. The van der Waals surface area contributed by atoms with E-state index >= 15 is 0 Å². The van der Waals surface area contributed by atoms with Gasteiger partial charge in [0.15, 0.2) is 11.5 Å². The minimum absolute atomic E-state index is 0.186. The topological polar surface area (TPSA) is 59.9 Å². The first-order valence-corrected chi connectivity index (χ1v) is 7.32. The van der Waals surface area contributed by atoms with Gasteiger partial charge in [0, 0.05) is 6.42 Å². The highest BCUT2D eigenvalue weighted by Gasteiger charge is 2.20. The number of aliphatic imine (C=N–C) groups is 1. The number of carbonyl (C=O) groups excluding carboxylic acids is 1. The number of ether oxygens (including phenoxy) is 2. The SMILES string of the molecule is O=C1NC(Cc2ccccc2)=N/C1=C\c1ccc2c(c1)OCO2. The first kappa shape index (κ1) is 13.6. The first-order chi connectivity index (χ1) is 11.3. The highest BCUT2D eigenvalue weighted by atomic mass is 16.7. The van der Waals surface area contributed by atoms with Gasteiger partial charge in [-0.05, 0) is 29.3 Å². The van der Waals surface area contributed by atoms with Crippen LogP contribution in [-0.4, -0.2) is 18.5 Å². The Hall–Kier alpha value is -3.08. The molecule has 5 heteroatoms. The zero-order valence-corrected chi connectivity index (χ0v) is 12.3. The number of nitrogens with zero attached hydrogens (tertiary/aromatic N) is 1. The van der Waals surface area contributed by atoms with Crippen LogP contribution in [0.25, 0.3) is 6.08 Å². The summed E-state index contributed by atoms with van der Waals surface area (Å²) in [6.07, 6.45) is 2.35. The number of benzene rings is 2. The van der Waals surface area contributed by atoms with Gasteiger partial charge in [-0.1, -0.05) is 36.4 Å². The average Bonchev–Trinajstić information content (AvgIpc) is 3.15. The Kier molecular flexibility index (Phi) is 3.31. The number of hydrogen-bond donors (Lipinski definition) is 1. The zero-order valence-electron chi connectivity index (χ0n) is 12.3. The van der Waals surface area contributed by atoms with Crippen LogP contribution in [0.3, 0.4) is 0 Å². The standard InChI is InChI=1S/C18H14N2O3/c21-18-14(8-13-6-7-15-16(9-13)23-11-22-15)19-17(20-18)10-12-4-2-1-3-5-12/h1-9H,10-11H2,(H,19,20,21)/b14-8-. The van der Waals surface area contributed by atoms with Crippen molar-refractivity contribution in [3.8, 4) is 11.5 Å². The first-order valence-electron chi connectivity index (χ1n) is 7.32. The second-order valence-corrected chi connectivity index (χ2v) is 5.32. The van der Waals surface area contributed by atoms with Gasteiger partial charge in [-0.15, -0.1) is 0 Å². The third-order valence-electron chi connectivity index (χ3n) is 3.66. The molecule has 2 heterocycles. The molecule has 0 saturated heterocycles. The van der Waals surface area contributed by atoms with Crippen LogP contribution >= 0.6 is 0 Å². The zero-order chi connectivity index (χ0) is 15.6. The van der Waals surface area contributed by atoms with Crippen molar-refractivity contribution in [3.05, 3.63) is 65.4 Å². The van der Waals surface area contributed by atoms with E-state index < -0.39 is 0 Å². The Labute approximate surface area is 133 Å². The Morgan fingerprint density at radius 2 is 1.91 bits per heavy atom. The Balaban J connectivity index is 1.57. The van der Waals surface area contributed by atoms with E-state index in [0.717, 1.165) is 16.9 Å². The fraction of sp³-hybridized carbons (Fsp3) is 0.111. The molecule has 2 aromatic rings. The number of rotatable bonds is 3. The summed E-state index contributed by atoms with van der Waals surface area (Å²) in [5.41, 5.74) is 2.36. The van der Waals surface area contributed by atoms with E-state index in [1.54, 1.807) is 6.08 Å². The summed E-state index contributed by atoms with van der Waals surface area (Å²) >= 11 is 0. The smallest absolute Gasteiger partial charge is 0.275 e. The summed E-state index contributed by atoms with van der Waals surface area (Å²) in [6, 6.07) is 15.5. The molecule has 2 aliphatic heterocycles. The predicted molar refractivity (Wildman–Crippen MR) is 86.3 cm³/mol. The van der Waals surface area contributed by atoms with E-state index in [4.69, 9.17) is 9.47 Å². The molecule has 23 heavy (non-hydrogen) atoms. The fourth-order valence-corrected chi connectivity index (χ4v) is 2.55. The fourth-order valence-electron chi connectivity index (χ4n) is 2.55. The minimum atomic E-state index is -0.186. The minimum Gasteiger partial charge on any atom is -0.454 e. The molecule has 0 aliphatic carbocycles. The summed E-state index contributed by atoms with van der Waals surface area (Å²) in [4.78, 5) is 16.5. The van der Waals surface area contributed by atoms with Crippen molar-refractivity contribution in [1.82, 2.24) is 5.32 Å². The Morgan fingerprint density at radius 3 is 2.78 bits per heavy atom. The monoisotopic (exact) mass is 306 g/mol. The molecule has 0 bridgehead atoms. The van der Waals surface area contributed by atoms with E-state index in [9.17, 15) is 4.79 Å². The van der Waals surface area contributed by atoms with E-state index in [1.165, 1.54) is 0 Å². The highest BCUT2D eigenvalue weighted by molar-refractivity contribution is 6.14. The van der Waals surface area contributed by atoms with Crippen molar-refractivity contribution >= 4 is 17.8 Å². The molecule has 0 aromatic heterocycles. The van der Waals surface area contributed by atoms with Crippen LogP contribution in [0.4, 0.5) is 0 Å². The Bertz CT molecular complexity index is 825. The maximum absolute atomic E-state index is 12.1. The molecule has 114 valence electrons. The van der Waals surface area contributed by atoms with Crippen molar-refractivity contribution in [2.24, 2.45) is 4.99 Å². The lowest BCUT2D eigenvalue weighted by atomic mass is 10.1. The lowest BCUT2D eigenvalue weighted by molar-refractivity contribution is -0.115. The van der Waals surface area contributed by atoms with Crippen LogP contribution in [-0.2, 0) is 11.2 Å². The molecule has 2 aromatic carbocycles. The summed E-state index contributed by atoms with van der Waals surface area (Å²) in [6.45, 7) is 0.231. The van der Waals surface area contributed by atoms with Crippen LogP contribution in [0.1, 0.15) is 11.1 Å². The van der Waals surface area contributed by atoms with E-state index in [0.29, 0.717) is 23.7 Å². The third kappa shape index (κ3) is 2.81. The molecular formula is C18H14N2O3.